The summed E-state index contributed by atoms with van der Waals surface area (Å²) in [5.74, 6) is 0. The second kappa shape index (κ2) is 14.4. The Balaban J connectivity index is 1.19. The third kappa shape index (κ3) is 7.21. The normalized spacial score (nSPS) is 11.3. The minimum Gasteiger partial charge on any atom is -0.345 e. The highest BCUT2D eigenvalue weighted by Gasteiger charge is 2.12. The van der Waals surface area contributed by atoms with E-state index in [4.69, 9.17) is 6.57 Å². The number of nitriles is 1. The van der Waals surface area contributed by atoms with Gasteiger partial charge in [0.25, 0.3) is 0 Å². The van der Waals surface area contributed by atoms with E-state index in [-0.39, 0.29) is 0 Å². The monoisotopic (exact) mass is 604 g/mol. The molecule has 0 saturated carbocycles. The van der Waals surface area contributed by atoms with Crippen LogP contribution in [0.5, 0.6) is 0 Å². The van der Waals surface area contributed by atoms with Gasteiger partial charge in [0, 0.05) is 35.5 Å². The van der Waals surface area contributed by atoms with Crippen LogP contribution < -0.4 is 9.80 Å². The Bertz CT molecular complexity index is 2030. The number of anilines is 5. The van der Waals surface area contributed by atoms with E-state index in [1.807, 2.05) is 134 Å². The summed E-state index contributed by atoms with van der Waals surface area (Å²) >= 11 is 0. The summed E-state index contributed by atoms with van der Waals surface area (Å²) in [6, 6.07) is 57.1. The summed E-state index contributed by atoms with van der Waals surface area (Å²) in [4.78, 5) is 8.16. The molecule has 0 amide bonds. The summed E-state index contributed by atoms with van der Waals surface area (Å²) in [6.07, 6.45) is 3.79. The maximum atomic E-state index is 9.94. The molecule has 0 aliphatic rings. The van der Waals surface area contributed by atoms with Gasteiger partial charge in [-0.15, -0.1) is 0 Å². The zero-order valence-electron chi connectivity index (χ0n) is 26.0. The van der Waals surface area contributed by atoms with Crippen LogP contribution in [0.3, 0.4) is 0 Å². The Morgan fingerprint density at radius 3 is 1.43 bits per heavy atom. The van der Waals surface area contributed by atoms with Crippen molar-refractivity contribution < 1.29 is 0 Å². The first-order valence-corrected chi connectivity index (χ1v) is 15.3. The molecule has 0 heterocycles. The van der Waals surface area contributed by atoms with Gasteiger partial charge in [-0.1, -0.05) is 103 Å². The molecular weight excluding hydrogens is 573 g/mol. The number of benzene rings is 6. The van der Waals surface area contributed by atoms with Gasteiger partial charge in [0.1, 0.15) is 0 Å². The van der Waals surface area contributed by atoms with Crippen molar-refractivity contribution in [2.45, 2.75) is 0 Å². The molecule has 0 saturated heterocycles. The highest BCUT2D eigenvalue weighted by atomic mass is 15.1. The average molecular weight is 605 g/mol. The predicted octanol–water partition coefficient (Wildman–Crippen LogP) is 11.4. The second-order valence-corrected chi connectivity index (χ2v) is 11.0. The first-order chi connectivity index (χ1) is 23.1. The summed E-state index contributed by atoms with van der Waals surface area (Å²) < 4.78 is 0. The van der Waals surface area contributed by atoms with Crippen LogP contribution in [0.2, 0.25) is 0 Å². The predicted molar refractivity (Wildman–Crippen MR) is 196 cm³/mol. The van der Waals surface area contributed by atoms with Crippen LogP contribution in [0.25, 0.3) is 28.3 Å². The number of hydrogen-bond donors (Lipinski definition) is 0. The molecular formula is C43H32N4. The zero-order valence-corrected chi connectivity index (χ0v) is 26.0. The van der Waals surface area contributed by atoms with E-state index in [0.717, 1.165) is 50.7 Å². The Hall–Kier alpha value is -6.62. The molecule has 0 unspecified atom stereocenters. The third-order valence-corrected chi connectivity index (χ3v) is 7.95. The van der Waals surface area contributed by atoms with Crippen molar-refractivity contribution in [3.63, 3.8) is 0 Å². The minimum absolute atomic E-state index is 0.559. The lowest BCUT2D eigenvalue weighted by atomic mass is 10.0. The molecule has 224 valence electrons. The maximum Gasteiger partial charge on any atom is 0.194 e. The van der Waals surface area contributed by atoms with E-state index >= 15 is 0 Å². The van der Waals surface area contributed by atoms with Gasteiger partial charge in [-0.25, -0.2) is 4.85 Å². The van der Waals surface area contributed by atoms with Crippen LogP contribution in [0.15, 0.2) is 164 Å². The molecule has 0 spiro atoms. The fourth-order valence-corrected chi connectivity index (χ4v) is 5.42. The standard InChI is InChI=1S/C43H32N4/c1-45-43(36-24-28-42(29-25-36)47(40-14-8-4-9-15-40)41-16-10-5-11-17-41)31-34-20-18-33(19-21-34)30-37(32-44)35-22-26-39(27-23-35)46(2)38-12-6-3-7-13-38/h3-31H,2H3. The van der Waals surface area contributed by atoms with E-state index < -0.39 is 0 Å². The fraction of sp³-hybridized carbons (Fsp3) is 0.0233. The van der Waals surface area contributed by atoms with E-state index in [1.165, 1.54) is 0 Å². The van der Waals surface area contributed by atoms with Gasteiger partial charge in [0.05, 0.1) is 18.2 Å². The first kappa shape index (κ1) is 30.4. The third-order valence-electron chi connectivity index (χ3n) is 7.95. The lowest BCUT2D eigenvalue weighted by Crippen LogP contribution is -2.09. The molecule has 6 aromatic rings. The lowest BCUT2D eigenvalue weighted by molar-refractivity contribution is 1.21. The van der Waals surface area contributed by atoms with Gasteiger partial charge in [-0.05, 0) is 95.1 Å². The first-order valence-electron chi connectivity index (χ1n) is 15.3. The second-order valence-electron chi connectivity index (χ2n) is 11.0. The van der Waals surface area contributed by atoms with Crippen molar-refractivity contribution in [1.82, 2.24) is 0 Å². The van der Waals surface area contributed by atoms with Gasteiger partial charge in [-0.3, -0.25) is 0 Å². The highest BCUT2D eigenvalue weighted by molar-refractivity contribution is 5.91. The largest absolute Gasteiger partial charge is 0.345 e. The Kier molecular flexibility index (Phi) is 9.34. The van der Waals surface area contributed by atoms with E-state index in [0.29, 0.717) is 11.3 Å². The molecule has 6 aromatic carbocycles. The molecule has 6 rings (SSSR count). The SMILES string of the molecule is [C-]#[N+]C(=Cc1ccc(C=C(C#N)c2ccc(N(C)c3ccccc3)cc2)cc1)c1ccc(N(c2ccccc2)c2ccccc2)cc1. The van der Waals surface area contributed by atoms with Gasteiger partial charge in [-0.2, -0.15) is 5.26 Å². The zero-order chi connectivity index (χ0) is 32.4. The fourth-order valence-electron chi connectivity index (χ4n) is 5.42. The number of rotatable bonds is 9. The van der Waals surface area contributed by atoms with Crippen LogP contribution in [-0.4, -0.2) is 7.05 Å². The molecule has 0 aromatic heterocycles. The van der Waals surface area contributed by atoms with E-state index in [9.17, 15) is 5.26 Å². The summed E-state index contributed by atoms with van der Waals surface area (Å²) in [7, 11) is 2.03. The van der Waals surface area contributed by atoms with Crippen molar-refractivity contribution in [2.24, 2.45) is 0 Å². The highest BCUT2D eigenvalue weighted by Crippen LogP contribution is 2.35. The van der Waals surface area contributed by atoms with Crippen molar-refractivity contribution >= 4 is 51.9 Å². The molecule has 0 N–H and O–H groups in total. The smallest absolute Gasteiger partial charge is 0.194 e. The average Bonchev–Trinajstić information content (AvgIpc) is 3.15. The molecule has 0 atom stereocenters. The van der Waals surface area contributed by atoms with E-state index in [1.54, 1.807) is 0 Å². The van der Waals surface area contributed by atoms with Crippen LogP contribution in [0.1, 0.15) is 22.3 Å². The van der Waals surface area contributed by atoms with Crippen molar-refractivity contribution in [3.05, 3.63) is 197 Å². The molecule has 0 radical (unpaired) electrons. The Morgan fingerprint density at radius 1 is 0.532 bits per heavy atom. The molecule has 47 heavy (non-hydrogen) atoms. The van der Waals surface area contributed by atoms with Gasteiger partial charge < -0.3 is 9.80 Å². The van der Waals surface area contributed by atoms with E-state index in [2.05, 4.69) is 69.2 Å². The Morgan fingerprint density at radius 2 is 0.936 bits per heavy atom. The number of hydrogen-bond acceptors (Lipinski definition) is 3. The quantitative estimate of drug-likeness (QED) is 0.0935. The van der Waals surface area contributed by atoms with Gasteiger partial charge in [0.2, 0.25) is 0 Å². The number of para-hydroxylation sites is 3. The van der Waals surface area contributed by atoms with Crippen LogP contribution in [-0.2, 0) is 0 Å². The molecule has 4 heteroatoms. The molecule has 0 aliphatic heterocycles. The molecule has 0 bridgehead atoms. The number of nitrogens with zero attached hydrogens (tertiary/aromatic N) is 4. The molecule has 4 nitrogen and oxygen atoms in total. The minimum atomic E-state index is 0.559. The maximum absolute atomic E-state index is 9.94. The summed E-state index contributed by atoms with van der Waals surface area (Å²) in [5.41, 5.74) is 9.97. The van der Waals surface area contributed by atoms with Gasteiger partial charge in [0.15, 0.2) is 5.70 Å². The summed E-state index contributed by atoms with van der Waals surface area (Å²) in [6.45, 7) is 7.90. The lowest BCUT2D eigenvalue weighted by Gasteiger charge is -2.25. The van der Waals surface area contributed by atoms with Crippen molar-refractivity contribution in [3.8, 4) is 6.07 Å². The number of allylic oxidation sites excluding steroid dienone is 1. The molecule has 0 fully saturated rings. The van der Waals surface area contributed by atoms with Crippen molar-refractivity contribution in [1.29, 1.82) is 5.26 Å². The van der Waals surface area contributed by atoms with Crippen molar-refractivity contribution in [2.75, 3.05) is 16.8 Å². The topological polar surface area (TPSA) is 34.6 Å². The van der Waals surface area contributed by atoms with Gasteiger partial charge >= 0.3 is 0 Å². The van der Waals surface area contributed by atoms with Crippen LogP contribution >= 0.6 is 0 Å². The Labute approximate surface area is 276 Å². The van der Waals surface area contributed by atoms with Crippen LogP contribution in [0, 0.1) is 17.9 Å². The van der Waals surface area contributed by atoms with Crippen LogP contribution in [0.4, 0.5) is 28.4 Å². The molecule has 0 aliphatic carbocycles. The summed E-state index contributed by atoms with van der Waals surface area (Å²) in [5, 5.41) is 9.94.